The number of anilines is 1. The zero-order chi connectivity index (χ0) is 23.1. The lowest BCUT2D eigenvalue weighted by Gasteiger charge is -2.11. The maximum absolute atomic E-state index is 12.9. The molecular weight excluding hydrogens is 414 g/mol. The van der Waals surface area contributed by atoms with Crippen LogP contribution in [0.25, 0.3) is 0 Å². The molecule has 0 aliphatic rings. The van der Waals surface area contributed by atoms with Gasteiger partial charge in [-0.2, -0.15) is 0 Å². The van der Waals surface area contributed by atoms with Gasteiger partial charge in [0.2, 0.25) is 0 Å². The van der Waals surface area contributed by atoms with E-state index in [9.17, 15) is 14.4 Å². The molecule has 3 rings (SSSR count). The third kappa shape index (κ3) is 5.25. The smallest absolute Gasteiger partial charge is 0.340 e. The van der Waals surface area contributed by atoms with Crippen LogP contribution < -0.4 is 10.6 Å². The maximum Gasteiger partial charge on any atom is 0.340 e. The van der Waals surface area contributed by atoms with Crippen molar-refractivity contribution in [2.75, 3.05) is 25.6 Å². The topological polar surface area (TPSA) is 123 Å². The second-order valence-corrected chi connectivity index (χ2v) is 7.02. The Kier molecular flexibility index (Phi) is 7.45. The zero-order valence-electron chi connectivity index (χ0n) is 18.1. The molecule has 3 N–H and O–H groups in total. The molecule has 2 heterocycles. The van der Waals surface area contributed by atoms with Crippen molar-refractivity contribution >= 4 is 23.5 Å². The van der Waals surface area contributed by atoms with E-state index in [1.807, 2.05) is 0 Å². The molecule has 0 bridgehead atoms. The van der Waals surface area contributed by atoms with Crippen LogP contribution in [0, 0.1) is 13.8 Å². The van der Waals surface area contributed by atoms with E-state index in [2.05, 4.69) is 15.6 Å². The molecule has 0 saturated carbocycles. The fourth-order valence-electron chi connectivity index (χ4n) is 3.22. The van der Waals surface area contributed by atoms with Gasteiger partial charge in [-0.15, -0.1) is 0 Å². The molecule has 2 amide bonds. The van der Waals surface area contributed by atoms with Gasteiger partial charge in [0.15, 0.2) is 0 Å². The second kappa shape index (κ2) is 10.5. The number of para-hydroxylation sites is 1. The number of aromatic amines is 1. The van der Waals surface area contributed by atoms with E-state index in [-0.39, 0.29) is 31.4 Å². The van der Waals surface area contributed by atoms with Crippen LogP contribution in [-0.4, -0.2) is 43.1 Å². The Balaban J connectivity index is 1.74. The molecule has 0 spiro atoms. The number of carbonyl (C=O) groups is 3. The summed E-state index contributed by atoms with van der Waals surface area (Å²) >= 11 is 0. The molecule has 168 valence electrons. The Bertz CT molecular complexity index is 1100. The van der Waals surface area contributed by atoms with Crippen molar-refractivity contribution in [2.45, 2.75) is 20.4 Å². The summed E-state index contributed by atoms with van der Waals surface area (Å²) in [6.07, 6.45) is 1.53. The molecule has 3 aromatic rings. The van der Waals surface area contributed by atoms with Crippen molar-refractivity contribution in [3.8, 4) is 0 Å². The van der Waals surface area contributed by atoms with Gasteiger partial charge in [0.25, 0.3) is 11.8 Å². The number of nitrogens with one attached hydrogen (secondary N) is 3. The molecule has 0 radical (unpaired) electrons. The van der Waals surface area contributed by atoms with Crippen LogP contribution >= 0.6 is 0 Å². The number of furan rings is 1. The maximum atomic E-state index is 12.9. The highest BCUT2D eigenvalue weighted by Gasteiger charge is 2.24. The standard InChI is InChI=1S/C23H25N3O6/c1-14-19(23(29)32-12-11-30-3)15(2)25-20(14)22(28)26-18-9-5-4-8-17(18)21(27)24-13-16-7-6-10-31-16/h4-10,25H,11-13H2,1-3H3,(H,24,27)(H,26,28). The molecule has 9 nitrogen and oxygen atoms in total. The van der Waals surface area contributed by atoms with Crippen molar-refractivity contribution < 1.29 is 28.3 Å². The largest absolute Gasteiger partial charge is 0.467 e. The van der Waals surface area contributed by atoms with Crippen molar-refractivity contribution in [3.63, 3.8) is 0 Å². The minimum absolute atomic E-state index is 0.113. The number of rotatable bonds is 9. The summed E-state index contributed by atoms with van der Waals surface area (Å²) in [4.78, 5) is 40.9. The van der Waals surface area contributed by atoms with Crippen LogP contribution in [0.4, 0.5) is 5.69 Å². The normalized spacial score (nSPS) is 10.6. The quantitative estimate of drug-likeness (QED) is 0.348. The monoisotopic (exact) mass is 439 g/mol. The molecule has 0 atom stereocenters. The number of hydrogen-bond acceptors (Lipinski definition) is 6. The predicted octanol–water partition coefficient (Wildman–Crippen LogP) is 3.21. The second-order valence-electron chi connectivity index (χ2n) is 7.02. The van der Waals surface area contributed by atoms with Crippen molar-refractivity contribution in [1.82, 2.24) is 10.3 Å². The first-order chi connectivity index (χ1) is 15.4. The number of esters is 1. The van der Waals surface area contributed by atoms with E-state index < -0.39 is 11.9 Å². The number of ether oxygens (including phenoxy) is 2. The van der Waals surface area contributed by atoms with Gasteiger partial charge in [-0.1, -0.05) is 12.1 Å². The average Bonchev–Trinajstić information content (AvgIpc) is 3.40. The van der Waals surface area contributed by atoms with Gasteiger partial charge in [0, 0.05) is 12.8 Å². The fourth-order valence-corrected chi connectivity index (χ4v) is 3.22. The molecule has 0 saturated heterocycles. The minimum Gasteiger partial charge on any atom is -0.467 e. The highest BCUT2D eigenvalue weighted by atomic mass is 16.6. The van der Waals surface area contributed by atoms with E-state index >= 15 is 0 Å². The van der Waals surface area contributed by atoms with Crippen LogP contribution in [0.5, 0.6) is 0 Å². The molecule has 0 aliphatic heterocycles. The summed E-state index contributed by atoms with van der Waals surface area (Å²) in [5, 5.41) is 5.50. The van der Waals surface area contributed by atoms with Crippen molar-refractivity contribution in [1.29, 1.82) is 0 Å². The molecule has 32 heavy (non-hydrogen) atoms. The number of hydrogen-bond donors (Lipinski definition) is 3. The number of carbonyl (C=O) groups excluding carboxylic acids is 3. The van der Waals surface area contributed by atoms with Crippen LogP contribution in [0.3, 0.4) is 0 Å². The van der Waals surface area contributed by atoms with Crippen LogP contribution in [-0.2, 0) is 16.0 Å². The first-order valence-electron chi connectivity index (χ1n) is 9.98. The van der Waals surface area contributed by atoms with E-state index in [0.29, 0.717) is 33.8 Å². The number of aromatic nitrogens is 1. The third-order valence-electron chi connectivity index (χ3n) is 4.81. The lowest BCUT2D eigenvalue weighted by Crippen LogP contribution is -2.25. The van der Waals surface area contributed by atoms with Crippen molar-refractivity contribution in [2.24, 2.45) is 0 Å². The van der Waals surface area contributed by atoms with Gasteiger partial charge in [-0.25, -0.2) is 4.79 Å². The Morgan fingerprint density at radius 2 is 1.81 bits per heavy atom. The summed E-state index contributed by atoms with van der Waals surface area (Å²) < 4.78 is 15.3. The zero-order valence-corrected chi connectivity index (χ0v) is 18.1. The summed E-state index contributed by atoms with van der Waals surface area (Å²) in [6.45, 7) is 3.96. The predicted molar refractivity (Wildman–Crippen MR) is 117 cm³/mol. The summed E-state index contributed by atoms with van der Waals surface area (Å²) in [5.74, 6) is -0.765. The molecule has 0 aliphatic carbocycles. The fraction of sp³-hybridized carbons (Fsp3) is 0.261. The van der Waals surface area contributed by atoms with Crippen LogP contribution in [0.15, 0.2) is 47.1 Å². The Hall–Kier alpha value is -3.85. The molecule has 9 heteroatoms. The Morgan fingerprint density at radius 3 is 2.53 bits per heavy atom. The van der Waals surface area contributed by atoms with E-state index in [4.69, 9.17) is 13.9 Å². The SMILES string of the molecule is COCCOC(=O)c1c(C)[nH]c(C(=O)Nc2ccccc2C(=O)NCc2ccco2)c1C. The Morgan fingerprint density at radius 1 is 1.03 bits per heavy atom. The molecule has 2 aromatic heterocycles. The van der Waals surface area contributed by atoms with Crippen LogP contribution in [0.1, 0.15) is 48.2 Å². The molecule has 0 unspecified atom stereocenters. The van der Waals surface area contributed by atoms with Gasteiger partial charge in [-0.05, 0) is 43.7 Å². The van der Waals surface area contributed by atoms with Gasteiger partial charge in [0.1, 0.15) is 18.1 Å². The highest BCUT2D eigenvalue weighted by Crippen LogP contribution is 2.22. The number of amides is 2. The van der Waals surface area contributed by atoms with Crippen molar-refractivity contribution in [3.05, 3.63) is 76.5 Å². The Labute approximate surface area is 185 Å². The molecular formula is C23H25N3O6. The average molecular weight is 439 g/mol. The number of methoxy groups -OCH3 is 1. The van der Waals surface area contributed by atoms with E-state index in [0.717, 1.165) is 0 Å². The molecule has 0 fully saturated rings. The summed E-state index contributed by atoms with van der Waals surface area (Å²) in [5.41, 5.74) is 2.13. The van der Waals surface area contributed by atoms with Gasteiger partial charge in [0.05, 0.1) is 36.2 Å². The minimum atomic E-state index is -0.537. The molecule has 1 aromatic carbocycles. The lowest BCUT2D eigenvalue weighted by atomic mass is 10.1. The number of H-pyrrole nitrogens is 1. The lowest BCUT2D eigenvalue weighted by molar-refractivity contribution is 0.0386. The number of aryl methyl sites for hydroxylation is 1. The number of benzene rings is 1. The third-order valence-corrected chi connectivity index (χ3v) is 4.81. The van der Waals surface area contributed by atoms with Crippen LogP contribution in [0.2, 0.25) is 0 Å². The first kappa shape index (κ1) is 22.8. The first-order valence-corrected chi connectivity index (χ1v) is 9.98. The van der Waals surface area contributed by atoms with E-state index in [1.54, 1.807) is 50.2 Å². The van der Waals surface area contributed by atoms with E-state index in [1.165, 1.54) is 13.4 Å². The summed E-state index contributed by atoms with van der Waals surface area (Å²) in [7, 11) is 1.51. The highest BCUT2D eigenvalue weighted by molar-refractivity contribution is 6.10. The van der Waals surface area contributed by atoms with Gasteiger partial charge >= 0.3 is 5.97 Å². The van der Waals surface area contributed by atoms with Gasteiger partial charge in [-0.3, -0.25) is 9.59 Å². The summed E-state index contributed by atoms with van der Waals surface area (Å²) in [6, 6.07) is 10.1. The van der Waals surface area contributed by atoms with Gasteiger partial charge < -0.3 is 29.5 Å².